The number of nitrogens with zero attached hydrogens (tertiary/aromatic N) is 1. The number of amides is 1. The van der Waals surface area contributed by atoms with Crippen LogP contribution in [0.25, 0.3) is 10.9 Å². The third kappa shape index (κ3) is 6.35. The number of aromatic amines is 1. The largest absolute Gasteiger partial charge is 0.361 e. The molecule has 3 aromatic rings. The van der Waals surface area contributed by atoms with Gasteiger partial charge in [-0.3, -0.25) is 4.79 Å². The molecule has 6 nitrogen and oxygen atoms in total. The smallest absolute Gasteiger partial charge is 0.251 e. The van der Waals surface area contributed by atoms with Gasteiger partial charge in [-0.05, 0) is 56.0 Å². The fourth-order valence-electron chi connectivity index (χ4n) is 3.34. The molecular weight excluding hydrogens is 386 g/mol. The van der Waals surface area contributed by atoms with Crippen molar-refractivity contribution in [1.29, 1.82) is 0 Å². The van der Waals surface area contributed by atoms with Crippen molar-refractivity contribution < 1.29 is 4.79 Å². The van der Waals surface area contributed by atoms with Gasteiger partial charge in [0, 0.05) is 41.8 Å². The van der Waals surface area contributed by atoms with E-state index in [1.165, 1.54) is 16.5 Å². The molecule has 1 heterocycles. The maximum atomic E-state index is 12.2. The van der Waals surface area contributed by atoms with E-state index in [9.17, 15) is 4.79 Å². The zero-order chi connectivity index (χ0) is 22.1. The lowest BCUT2D eigenvalue weighted by Gasteiger charge is -2.12. The summed E-state index contributed by atoms with van der Waals surface area (Å²) in [7, 11) is 0. The molecule has 3 rings (SSSR count). The van der Waals surface area contributed by atoms with Gasteiger partial charge in [0.2, 0.25) is 0 Å². The van der Waals surface area contributed by atoms with Crippen molar-refractivity contribution in [3.05, 3.63) is 71.4 Å². The van der Waals surface area contributed by atoms with E-state index in [0.717, 1.165) is 37.5 Å². The van der Waals surface area contributed by atoms with Crippen LogP contribution in [0.2, 0.25) is 0 Å². The molecule has 0 saturated heterocycles. The van der Waals surface area contributed by atoms with Gasteiger partial charge in [0.1, 0.15) is 0 Å². The van der Waals surface area contributed by atoms with Gasteiger partial charge in [0.05, 0.1) is 6.54 Å². The molecule has 0 aliphatic carbocycles. The molecule has 1 amide bonds. The Morgan fingerprint density at radius 2 is 1.84 bits per heavy atom. The fraction of sp³-hybridized carbons (Fsp3) is 0.360. The van der Waals surface area contributed by atoms with Gasteiger partial charge in [-0.15, -0.1) is 0 Å². The van der Waals surface area contributed by atoms with E-state index >= 15 is 0 Å². The zero-order valence-electron chi connectivity index (χ0n) is 18.7. The summed E-state index contributed by atoms with van der Waals surface area (Å²) in [5, 5.41) is 11.0. The summed E-state index contributed by atoms with van der Waals surface area (Å²) < 4.78 is 0. The molecule has 4 N–H and O–H groups in total. The van der Waals surface area contributed by atoms with Gasteiger partial charge < -0.3 is 20.9 Å². The van der Waals surface area contributed by atoms with E-state index in [4.69, 9.17) is 0 Å². The first-order chi connectivity index (χ1) is 15.1. The van der Waals surface area contributed by atoms with E-state index in [-0.39, 0.29) is 11.9 Å². The van der Waals surface area contributed by atoms with Gasteiger partial charge in [-0.25, -0.2) is 4.99 Å². The number of guanidine groups is 1. The van der Waals surface area contributed by atoms with E-state index in [0.29, 0.717) is 12.1 Å². The molecule has 1 unspecified atom stereocenters. The van der Waals surface area contributed by atoms with Crippen LogP contribution in [-0.2, 0) is 13.0 Å². The first kappa shape index (κ1) is 22.4. The van der Waals surface area contributed by atoms with Crippen LogP contribution in [0, 0.1) is 0 Å². The lowest BCUT2D eigenvalue weighted by molar-refractivity contribution is 0.0939. The highest BCUT2D eigenvalue weighted by atomic mass is 16.1. The molecule has 0 fully saturated rings. The summed E-state index contributed by atoms with van der Waals surface area (Å²) in [6, 6.07) is 16.2. The second kappa shape index (κ2) is 11.2. The minimum absolute atomic E-state index is 0.0308. The van der Waals surface area contributed by atoms with E-state index in [1.807, 2.05) is 37.3 Å². The van der Waals surface area contributed by atoms with Gasteiger partial charge in [0.15, 0.2) is 5.96 Å². The number of fused-ring (bicyclic) bond motifs is 1. The highest BCUT2D eigenvalue weighted by Crippen LogP contribution is 2.17. The summed E-state index contributed by atoms with van der Waals surface area (Å²) in [5.74, 6) is 0.762. The summed E-state index contributed by atoms with van der Waals surface area (Å²) in [4.78, 5) is 20.2. The Morgan fingerprint density at radius 3 is 2.58 bits per heavy atom. The molecule has 2 aromatic carbocycles. The number of aliphatic imine (C=N–C) groups is 1. The minimum atomic E-state index is -0.0308. The maximum absolute atomic E-state index is 12.2. The number of para-hydroxylation sites is 1. The molecule has 1 aromatic heterocycles. The van der Waals surface area contributed by atoms with Crippen LogP contribution < -0.4 is 16.0 Å². The molecule has 31 heavy (non-hydrogen) atoms. The Kier molecular flexibility index (Phi) is 8.10. The van der Waals surface area contributed by atoms with E-state index < -0.39 is 0 Å². The third-order valence-corrected chi connectivity index (χ3v) is 5.33. The first-order valence-corrected chi connectivity index (χ1v) is 11.1. The Morgan fingerprint density at radius 1 is 1.06 bits per heavy atom. The third-order valence-electron chi connectivity index (χ3n) is 5.33. The Labute approximate surface area is 184 Å². The first-order valence-electron chi connectivity index (χ1n) is 11.1. The molecular formula is C25H33N5O. The van der Waals surface area contributed by atoms with E-state index in [1.54, 1.807) is 0 Å². The van der Waals surface area contributed by atoms with Crippen LogP contribution in [0.4, 0.5) is 0 Å². The average molecular weight is 420 g/mol. The molecule has 164 valence electrons. The number of nitrogens with one attached hydrogen (secondary N) is 4. The van der Waals surface area contributed by atoms with Gasteiger partial charge in [-0.1, -0.05) is 37.3 Å². The molecule has 1 atom stereocenters. The lowest BCUT2D eigenvalue weighted by atomic mass is 10.1. The molecule has 0 saturated carbocycles. The lowest BCUT2D eigenvalue weighted by Crippen LogP contribution is -2.38. The van der Waals surface area contributed by atoms with Crippen LogP contribution in [0.1, 0.15) is 48.7 Å². The number of H-pyrrole nitrogens is 1. The molecule has 0 spiro atoms. The molecule has 0 aliphatic rings. The number of rotatable bonds is 9. The second-order valence-corrected chi connectivity index (χ2v) is 7.71. The number of aromatic nitrogens is 1. The van der Waals surface area contributed by atoms with Crippen molar-refractivity contribution in [2.75, 3.05) is 13.1 Å². The maximum Gasteiger partial charge on any atom is 0.251 e. The summed E-state index contributed by atoms with van der Waals surface area (Å²) >= 11 is 0. The predicted molar refractivity (Wildman–Crippen MR) is 128 cm³/mol. The quantitative estimate of drug-likeness (QED) is 0.313. The van der Waals surface area contributed by atoms with Gasteiger partial charge in [0.25, 0.3) is 5.91 Å². The highest BCUT2D eigenvalue weighted by Gasteiger charge is 2.08. The Hall–Kier alpha value is -3.28. The van der Waals surface area contributed by atoms with Crippen molar-refractivity contribution in [2.45, 2.75) is 46.2 Å². The second-order valence-electron chi connectivity index (χ2n) is 7.71. The van der Waals surface area contributed by atoms with Crippen LogP contribution in [0.3, 0.4) is 0 Å². The monoisotopic (exact) mass is 419 g/mol. The van der Waals surface area contributed by atoms with Gasteiger partial charge >= 0.3 is 0 Å². The topological polar surface area (TPSA) is 81.3 Å². The van der Waals surface area contributed by atoms with Gasteiger partial charge in [-0.2, -0.15) is 0 Å². The molecule has 6 heteroatoms. The highest BCUT2D eigenvalue weighted by molar-refractivity contribution is 5.94. The molecule has 0 aliphatic heterocycles. The Balaban J connectivity index is 1.54. The van der Waals surface area contributed by atoms with Crippen LogP contribution >= 0.6 is 0 Å². The molecule has 0 radical (unpaired) electrons. The van der Waals surface area contributed by atoms with Crippen LogP contribution in [0.5, 0.6) is 0 Å². The van der Waals surface area contributed by atoms with Crippen molar-refractivity contribution in [1.82, 2.24) is 20.9 Å². The SMILES string of the molecule is CCNC(=NCc1ccc(C(=O)NC(C)CC)cc1)NCCc1c[nH]c2ccccc12. The Bertz CT molecular complexity index is 1010. The number of benzene rings is 2. The van der Waals surface area contributed by atoms with Crippen molar-refractivity contribution >= 4 is 22.8 Å². The number of carbonyl (C=O) groups is 1. The number of hydrogen-bond acceptors (Lipinski definition) is 2. The number of hydrogen-bond donors (Lipinski definition) is 4. The molecule has 0 bridgehead atoms. The van der Waals surface area contributed by atoms with Crippen molar-refractivity contribution in [3.8, 4) is 0 Å². The predicted octanol–water partition coefficient (Wildman–Crippen LogP) is 3.99. The average Bonchev–Trinajstić information content (AvgIpc) is 3.20. The summed E-state index contributed by atoms with van der Waals surface area (Å²) in [5.41, 5.74) is 4.20. The number of carbonyl (C=O) groups excluding carboxylic acids is 1. The standard InChI is InChI=1S/C25H33N5O/c1-4-18(3)30-24(31)20-12-10-19(11-13-20)16-29-25(26-5-2)27-15-14-21-17-28-23-9-7-6-8-22(21)23/h6-13,17-18,28H,4-5,14-16H2,1-3H3,(H,30,31)(H2,26,27,29). The normalized spacial score (nSPS) is 12.5. The van der Waals surface area contributed by atoms with Crippen LogP contribution in [0.15, 0.2) is 59.7 Å². The van der Waals surface area contributed by atoms with Crippen molar-refractivity contribution in [3.63, 3.8) is 0 Å². The van der Waals surface area contributed by atoms with Crippen LogP contribution in [-0.4, -0.2) is 36.0 Å². The summed E-state index contributed by atoms with van der Waals surface area (Å²) in [6.45, 7) is 8.27. The van der Waals surface area contributed by atoms with E-state index in [2.05, 4.69) is 64.2 Å². The van der Waals surface area contributed by atoms with Crippen molar-refractivity contribution in [2.24, 2.45) is 4.99 Å². The zero-order valence-corrected chi connectivity index (χ0v) is 18.7. The fourth-order valence-corrected chi connectivity index (χ4v) is 3.34. The minimum Gasteiger partial charge on any atom is -0.361 e. The summed E-state index contributed by atoms with van der Waals surface area (Å²) in [6.07, 6.45) is 3.91.